The summed E-state index contributed by atoms with van der Waals surface area (Å²) in [6.07, 6.45) is 2.87. The molecule has 21 heavy (non-hydrogen) atoms. The van der Waals surface area contributed by atoms with Crippen LogP contribution in [0, 0.1) is 11.8 Å². The van der Waals surface area contributed by atoms with E-state index in [1.807, 2.05) is 0 Å². The van der Waals surface area contributed by atoms with Crippen LogP contribution in [0.15, 0.2) is 0 Å². The second kappa shape index (κ2) is 10.2. The lowest BCUT2D eigenvalue weighted by molar-refractivity contribution is -0.122. The van der Waals surface area contributed by atoms with Gasteiger partial charge in [0.15, 0.2) is 0 Å². The van der Waals surface area contributed by atoms with Crippen LogP contribution in [0.25, 0.3) is 0 Å². The molecule has 0 spiro atoms. The summed E-state index contributed by atoms with van der Waals surface area (Å²) in [5, 5.41) is 3.07. The van der Waals surface area contributed by atoms with Gasteiger partial charge >= 0.3 is 0 Å². The van der Waals surface area contributed by atoms with E-state index in [0.29, 0.717) is 18.3 Å². The molecule has 124 valence electrons. The summed E-state index contributed by atoms with van der Waals surface area (Å²) in [4.78, 5) is 16.8. The molecule has 1 aliphatic heterocycles. The Labute approximate surface area is 131 Å². The number of carbonyl (C=O) groups is 1. The van der Waals surface area contributed by atoms with Crippen molar-refractivity contribution in [2.75, 3.05) is 45.8 Å². The smallest absolute Gasteiger partial charge is 0.220 e. The van der Waals surface area contributed by atoms with Gasteiger partial charge in [-0.3, -0.25) is 4.79 Å². The zero-order valence-corrected chi connectivity index (χ0v) is 14.5. The van der Waals surface area contributed by atoms with E-state index in [1.54, 1.807) is 0 Å². The van der Waals surface area contributed by atoms with Crippen LogP contribution in [0.4, 0.5) is 0 Å². The third-order valence-electron chi connectivity index (χ3n) is 4.29. The van der Waals surface area contributed by atoms with E-state index in [2.05, 4.69) is 42.8 Å². The highest BCUT2D eigenvalue weighted by Gasteiger charge is 2.15. The van der Waals surface area contributed by atoms with Crippen LogP contribution in [0.1, 0.15) is 47.0 Å². The van der Waals surface area contributed by atoms with Crippen LogP contribution in [0.2, 0.25) is 0 Å². The summed E-state index contributed by atoms with van der Waals surface area (Å²) in [6.45, 7) is 16.7. The topological polar surface area (TPSA) is 35.6 Å². The van der Waals surface area contributed by atoms with E-state index in [0.717, 1.165) is 25.9 Å². The Bertz CT molecular complexity index is 286. The molecule has 1 unspecified atom stereocenters. The normalized spacial score (nSPS) is 18.9. The fraction of sp³-hybridized carbons (Fsp3) is 0.941. The first kappa shape index (κ1) is 18.4. The summed E-state index contributed by atoms with van der Waals surface area (Å²) in [7, 11) is 0. The molecule has 0 aromatic rings. The predicted molar refractivity (Wildman–Crippen MR) is 89.4 cm³/mol. The maximum Gasteiger partial charge on any atom is 0.220 e. The van der Waals surface area contributed by atoms with Crippen LogP contribution >= 0.6 is 0 Å². The average molecular weight is 297 g/mol. The number of nitrogens with zero attached hydrogens (tertiary/aromatic N) is 2. The number of hydrogen-bond donors (Lipinski definition) is 1. The molecule has 4 nitrogen and oxygen atoms in total. The molecule has 0 bridgehead atoms. The molecule has 1 fully saturated rings. The minimum absolute atomic E-state index is 0.221. The van der Waals surface area contributed by atoms with Crippen LogP contribution < -0.4 is 5.32 Å². The van der Waals surface area contributed by atoms with Gasteiger partial charge in [-0.25, -0.2) is 0 Å². The molecular weight excluding hydrogens is 262 g/mol. The standard InChI is InChI=1S/C17H35N3O/c1-5-19-9-11-20(12-10-19)8-6-7-18-17(21)14-16(4)13-15(2)3/h15-16H,5-14H2,1-4H3,(H,18,21). The van der Waals surface area contributed by atoms with Crippen LogP contribution in [-0.4, -0.2) is 61.5 Å². The maximum absolute atomic E-state index is 11.8. The van der Waals surface area contributed by atoms with Crippen molar-refractivity contribution in [3.63, 3.8) is 0 Å². The number of rotatable bonds is 9. The Hall–Kier alpha value is -0.610. The highest BCUT2D eigenvalue weighted by molar-refractivity contribution is 5.76. The first-order valence-corrected chi connectivity index (χ1v) is 8.72. The molecule has 0 aromatic heterocycles. The molecule has 0 aromatic carbocycles. The number of carbonyl (C=O) groups excluding carboxylic acids is 1. The lowest BCUT2D eigenvalue weighted by Gasteiger charge is -2.33. The van der Waals surface area contributed by atoms with Crippen molar-refractivity contribution < 1.29 is 4.79 Å². The quantitative estimate of drug-likeness (QED) is 0.663. The van der Waals surface area contributed by atoms with Crippen molar-refractivity contribution in [1.82, 2.24) is 15.1 Å². The zero-order valence-electron chi connectivity index (χ0n) is 14.5. The van der Waals surface area contributed by atoms with Gasteiger partial charge in [0.1, 0.15) is 0 Å². The summed E-state index contributed by atoms with van der Waals surface area (Å²) in [6, 6.07) is 0. The van der Waals surface area contributed by atoms with Crippen LogP contribution in [-0.2, 0) is 4.79 Å². The second-order valence-corrected chi connectivity index (χ2v) is 6.92. The van der Waals surface area contributed by atoms with Gasteiger partial charge in [-0.1, -0.05) is 27.7 Å². The van der Waals surface area contributed by atoms with Crippen molar-refractivity contribution in [2.24, 2.45) is 11.8 Å². The molecule has 0 radical (unpaired) electrons. The first-order chi connectivity index (χ1) is 10.0. The molecule has 1 rings (SSSR count). The highest BCUT2D eigenvalue weighted by Crippen LogP contribution is 2.14. The molecule has 1 atom stereocenters. The molecule has 4 heteroatoms. The fourth-order valence-electron chi connectivity index (χ4n) is 3.14. The number of likely N-dealkylation sites (N-methyl/N-ethyl adjacent to an activating group) is 1. The molecule has 1 heterocycles. The van der Waals surface area contributed by atoms with Gasteiger partial charge in [-0.15, -0.1) is 0 Å². The van der Waals surface area contributed by atoms with Crippen molar-refractivity contribution in [1.29, 1.82) is 0 Å². The van der Waals surface area contributed by atoms with Crippen LogP contribution in [0.3, 0.4) is 0 Å². The van der Waals surface area contributed by atoms with Crippen molar-refractivity contribution >= 4 is 5.91 Å². The van der Waals surface area contributed by atoms with Crippen molar-refractivity contribution in [3.8, 4) is 0 Å². The number of piperazine rings is 1. The summed E-state index contributed by atoms with van der Waals surface area (Å²) >= 11 is 0. The van der Waals surface area contributed by atoms with E-state index in [-0.39, 0.29) is 5.91 Å². The molecule has 1 saturated heterocycles. The van der Waals surface area contributed by atoms with Crippen molar-refractivity contribution in [2.45, 2.75) is 47.0 Å². The van der Waals surface area contributed by atoms with Crippen LogP contribution in [0.5, 0.6) is 0 Å². The molecular formula is C17H35N3O. The predicted octanol–water partition coefficient (Wildman–Crippen LogP) is 2.20. The van der Waals surface area contributed by atoms with Gasteiger partial charge in [0.2, 0.25) is 5.91 Å². The van der Waals surface area contributed by atoms with Gasteiger partial charge < -0.3 is 15.1 Å². The summed E-state index contributed by atoms with van der Waals surface area (Å²) in [5.74, 6) is 1.39. The van der Waals surface area contributed by atoms with Gasteiger partial charge in [0, 0.05) is 39.1 Å². The second-order valence-electron chi connectivity index (χ2n) is 6.92. The third-order valence-corrected chi connectivity index (χ3v) is 4.29. The Balaban J connectivity index is 2.02. The Morgan fingerprint density at radius 3 is 2.29 bits per heavy atom. The number of hydrogen-bond acceptors (Lipinski definition) is 3. The molecule has 0 aliphatic carbocycles. The number of amides is 1. The zero-order chi connectivity index (χ0) is 15.7. The maximum atomic E-state index is 11.8. The molecule has 0 saturated carbocycles. The Morgan fingerprint density at radius 1 is 1.10 bits per heavy atom. The van der Waals surface area contributed by atoms with E-state index in [9.17, 15) is 4.79 Å². The van der Waals surface area contributed by atoms with E-state index < -0.39 is 0 Å². The summed E-state index contributed by atoms with van der Waals surface area (Å²) < 4.78 is 0. The third kappa shape index (κ3) is 8.42. The van der Waals surface area contributed by atoms with Crippen molar-refractivity contribution in [3.05, 3.63) is 0 Å². The van der Waals surface area contributed by atoms with Gasteiger partial charge in [0.25, 0.3) is 0 Å². The average Bonchev–Trinajstić information content (AvgIpc) is 2.43. The molecule has 1 amide bonds. The Kier molecular flexibility index (Phi) is 8.93. The first-order valence-electron chi connectivity index (χ1n) is 8.72. The van der Waals surface area contributed by atoms with Gasteiger partial charge in [0.05, 0.1) is 0 Å². The highest BCUT2D eigenvalue weighted by atomic mass is 16.1. The minimum atomic E-state index is 0.221. The SMILES string of the molecule is CCN1CCN(CCCNC(=O)CC(C)CC(C)C)CC1. The number of nitrogens with one attached hydrogen (secondary N) is 1. The lowest BCUT2D eigenvalue weighted by atomic mass is 9.96. The minimum Gasteiger partial charge on any atom is -0.356 e. The van der Waals surface area contributed by atoms with E-state index >= 15 is 0 Å². The van der Waals surface area contributed by atoms with Gasteiger partial charge in [-0.2, -0.15) is 0 Å². The van der Waals surface area contributed by atoms with E-state index in [4.69, 9.17) is 0 Å². The summed E-state index contributed by atoms with van der Waals surface area (Å²) in [5.41, 5.74) is 0. The largest absolute Gasteiger partial charge is 0.356 e. The Morgan fingerprint density at radius 2 is 1.71 bits per heavy atom. The monoisotopic (exact) mass is 297 g/mol. The van der Waals surface area contributed by atoms with E-state index in [1.165, 1.54) is 32.7 Å². The molecule has 1 N–H and O–H groups in total. The fourth-order valence-corrected chi connectivity index (χ4v) is 3.14. The van der Waals surface area contributed by atoms with Gasteiger partial charge in [-0.05, 0) is 37.8 Å². The lowest BCUT2D eigenvalue weighted by Crippen LogP contribution is -2.46. The molecule has 1 aliphatic rings.